The van der Waals surface area contributed by atoms with Crippen molar-refractivity contribution in [3.8, 4) is 11.8 Å². The second kappa shape index (κ2) is 4.20. The Morgan fingerprint density at radius 3 is 2.47 bits per heavy atom. The molecule has 15 heavy (non-hydrogen) atoms. The lowest BCUT2D eigenvalue weighted by atomic mass is 10.5. The number of methoxy groups -OCH3 is 1. The molecule has 1 aromatic rings. The molecule has 0 saturated heterocycles. The maximum Gasteiger partial charge on any atom is 0.422 e. The number of nitrogens with two attached hydrogens (primary N) is 1. The van der Waals surface area contributed by atoms with E-state index in [1.807, 2.05) is 0 Å². The summed E-state index contributed by atoms with van der Waals surface area (Å²) in [6, 6.07) is 0. The van der Waals surface area contributed by atoms with Gasteiger partial charge in [0.2, 0.25) is 11.8 Å². The van der Waals surface area contributed by atoms with Crippen LogP contribution in [-0.4, -0.2) is 29.9 Å². The Hall–Kier alpha value is -1.73. The standard InChI is InChI=1S/C7H8F3N3O2/c1-14-5-4(11)6(13-3-12-5)15-2-7(8,9)10/h3H,2,11H2,1H3. The molecule has 2 N–H and O–H groups in total. The third-order valence-corrected chi connectivity index (χ3v) is 1.38. The van der Waals surface area contributed by atoms with Crippen molar-refractivity contribution in [1.82, 2.24) is 9.97 Å². The van der Waals surface area contributed by atoms with Crippen molar-refractivity contribution in [2.45, 2.75) is 6.18 Å². The van der Waals surface area contributed by atoms with Crippen LogP contribution in [0.5, 0.6) is 11.8 Å². The molecule has 1 rings (SSSR count). The first-order chi connectivity index (χ1) is 6.94. The molecule has 0 aliphatic rings. The molecule has 0 spiro atoms. The lowest BCUT2D eigenvalue weighted by Crippen LogP contribution is -2.20. The Balaban J connectivity index is 2.78. The van der Waals surface area contributed by atoms with Crippen molar-refractivity contribution in [2.75, 3.05) is 19.5 Å². The first-order valence-electron chi connectivity index (χ1n) is 3.78. The number of nitrogens with zero attached hydrogens (tertiary/aromatic N) is 2. The van der Waals surface area contributed by atoms with Crippen LogP contribution in [0.4, 0.5) is 18.9 Å². The summed E-state index contributed by atoms with van der Waals surface area (Å²) in [5.41, 5.74) is 5.22. The Bertz CT molecular complexity index is 343. The fourth-order valence-electron chi connectivity index (χ4n) is 0.792. The monoisotopic (exact) mass is 223 g/mol. The van der Waals surface area contributed by atoms with Gasteiger partial charge in [0.05, 0.1) is 7.11 Å². The maximum absolute atomic E-state index is 11.8. The third-order valence-electron chi connectivity index (χ3n) is 1.38. The maximum atomic E-state index is 11.8. The number of ether oxygens (including phenoxy) is 2. The highest BCUT2D eigenvalue weighted by atomic mass is 19.4. The van der Waals surface area contributed by atoms with E-state index in [1.165, 1.54) is 7.11 Å². The summed E-state index contributed by atoms with van der Waals surface area (Å²) in [6.45, 7) is -1.46. The van der Waals surface area contributed by atoms with Crippen LogP contribution < -0.4 is 15.2 Å². The van der Waals surface area contributed by atoms with Crippen LogP contribution in [0.2, 0.25) is 0 Å². The first-order valence-corrected chi connectivity index (χ1v) is 3.78. The molecule has 1 aromatic heterocycles. The normalized spacial score (nSPS) is 11.2. The molecule has 0 unspecified atom stereocenters. The Kier molecular flexibility index (Phi) is 3.17. The van der Waals surface area contributed by atoms with E-state index in [0.717, 1.165) is 6.33 Å². The molecule has 0 fully saturated rings. The van der Waals surface area contributed by atoms with Crippen molar-refractivity contribution in [3.05, 3.63) is 6.33 Å². The van der Waals surface area contributed by atoms with Crippen molar-refractivity contribution < 1.29 is 22.6 Å². The summed E-state index contributed by atoms with van der Waals surface area (Å²) >= 11 is 0. The zero-order valence-electron chi connectivity index (χ0n) is 7.71. The van der Waals surface area contributed by atoms with E-state index < -0.39 is 12.8 Å². The number of hydrogen-bond acceptors (Lipinski definition) is 5. The van der Waals surface area contributed by atoms with E-state index in [9.17, 15) is 13.2 Å². The van der Waals surface area contributed by atoms with Crippen LogP contribution in [0.1, 0.15) is 0 Å². The van der Waals surface area contributed by atoms with E-state index in [4.69, 9.17) is 5.73 Å². The van der Waals surface area contributed by atoms with Crippen LogP contribution in [0, 0.1) is 0 Å². The minimum Gasteiger partial charge on any atom is -0.479 e. The molecular formula is C7H8F3N3O2. The van der Waals surface area contributed by atoms with Gasteiger partial charge in [-0.3, -0.25) is 0 Å². The van der Waals surface area contributed by atoms with Crippen LogP contribution >= 0.6 is 0 Å². The predicted molar refractivity (Wildman–Crippen MR) is 44.5 cm³/mol. The number of aromatic nitrogens is 2. The SMILES string of the molecule is COc1ncnc(OCC(F)(F)F)c1N. The van der Waals surface area contributed by atoms with Crippen LogP contribution in [0.15, 0.2) is 6.33 Å². The average molecular weight is 223 g/mol. The molecule has 84 valence electrons. The predicted octanol–water partition coefficient (Wildman–Crippen LogP) is 1.01. The van der Waals surface area contributed by atoms with Gasteiger partial charge in [-0.1, -0.05) is 0 Å². The zero-order valence-corrected chi connectivity index (χ0v) is 7.71. The van der Waals surface area contributed by atoms with Gasteiger partial charge in [0.25, 0.3) is 0 Å². The summed E-state index contributed by atoms with van der Waals surface area (Å²) in [6.07, 6.45) is -3.44. The summed E-state index contributed by atoms with van der Waals surface area (Å²) in [7, 11) is 1.28. The second-order valence-electron chi connectivity index (χ2n) is 2.51. The molecular weight excluding hydrogens is 215 g/mol. The fraction of sp³-hybridized carbons (Fsp3) is 0.429. The van der Waals surface area contributed by atoms with Gasteiger partial charge in [-0.15, -0.1) is 0 Å². The number of halogens is 3. The van der Waals surface area contributed by atoms with Gasteiger partial charge < -0.3 is 15.2 Å². The summed E-state index contributed by atoms with van der Waals surface area (Å²) in [4.78, 5) is 7.03. The van der Waals surface area contributed by atoms with Crippen molar-refractivity contribution >= 4 is 5.69 Å². The molecule has 0 aliphatic carbocycles. The number of hydrogen-bond donors (Lipinski definition) is 1. The van der Waals surface area contributed by atoms with Crippen molar-refractivity contribution in [3.63, 3.8) is 0 Å². The number of rotatable bonds is 3. The molecule has 0 bridgehead atoms. The quantitative estimate of drug-likeness (QED) is 0.827. The van der Waals surface area contributed by atoms with E-state index >= 15 is 0 Å². The molecule has 0 atom stereocenters. The summed E-state index contributed by atoms with van der Waals surface area (Å²) in [5, 5.41) is 0. The van der Waals surface area contributed by atoms with E-state index in [1.54, 1.807) is 0 Å². The summed E-state index contributed by atoms with van der Waals surface area (Å²) in [5.74, 6) is -0.374. The van der Waals surface area contributed by atoms with Crippen LogP contribution in [0.25, 0.3) is 0 Å². The average Bonchev–Trinajstić information content (AvgIpc) is 2.15. The highest BCUT2D eigenvalue weighted by molar-refractivity contribution is 5.55. The summed E-state index contributed by atoms with van der Waals surface area (Å²) < 4.78 is 44.5. The minimum atomic E-state index is -4.44. The molecule has 0 saturated carbocycles. The van der Waals surface area contributed by atoms with Gasteiger partial charge >= 0.3 is 6.18 Å². The lowest BCUT2D eigenvalue weighted by Gasteiger charge is -2.10. The first kappa shape index (κ1) is 11.3. The number of alkyl halides is 3. The van der Waals surface area contributed by atoms with Crippen LogP contribution in [0.3, 0.4) is 0 Å². The van der Waals surface area contributed by atoms with Gasteiger partial charge in [-0.05, 0) is 0 Å². The topological polar surface area (TPSA) is 70.3 Å². The molecule has 1 heterocycles. The Morgan fingerprint density at radius 1 is 1.33 bits per heavy atom. The highest BCUT2D eigenvalue weighted by Crippen LogP contribution is 2.27. The lowest BCUT2D eigenvalue weighted by molar-refractivity contribution is -0.154. The molecule has 8 heteroatoms. The molecule has 0 aliphatic heterocycles. The van der Waals surface area contributed by atoms with Gasteiger partial charge in [-0.2, -0.15) is 23.1 Å². The number of anilines is 1. The largest absolute Gasteiger partial charge is 0.479 e. The van der Waals surface area contributed by atoms with Gasteiger partial charge in [-0.25, -0.2) is 0 Å². The molecule has 5 nitrogen and oxygen atoms in total. The van der Waals surface area contributed by atoms with Gasteiger partial charge in [0.15, 0.2) is 12.3 Å². The molecule has 0 aromatic carbocycles. The minimum absolute atomic E-state index is 0.0258. The van der Waals surface area contributed by atoms with Gasteiger partial charge in [0, 0.05) is 0 Å². The highest BCUT2D eigenvalue weighted by Gasteiger charge is 2.29. The zero-order chi connectivity index (χ0) is 11.5. The van der Waals surface area contributed by atoms with E-state index in [-0.39, 0.29) is 17.4 Å². The number of nitrogen functional groups attached to an aromatic ring is 1. The smallest absolute Gasteiger partial charge is 0.422 e. The van der Waals surface area contributed by atoms with E-state index in [2.05, 4.69) is 19.4 Å². The van der Waals surface area contributed by atoms with E-state index in [0.29, 0.717) is 0 Å². The molecule has 0 amide bonds. The van der Waals surface area contributed by atoms with Crippen LogP contribution in [-0.2, 0) is 0 Å². The third kappa shape index (κ3) is 3.15. The Morgan fingerprint density at radius 2 is 1.93 bits per heavy atom. The van der Waals surface area contributed by atoms with Crippen molar-refractivity contribution in [2.24, 2.45) is 0 Å². The fourth-order valence-corrected chi connectivity index (χ4v) is 0.792. The molecule has 0 radical (unpaired) electrons. The van der Waals surface area contributed by atoms with Crippen molar-refractivity contribution in [1.29, 1.82) is 0 Å². The van der Waals surface area contributed by atoms with Gasteiger partial charge in [0.1, 0.15) is 6.33 Å². The Labute approximate surface area is 83.0 Å². The second-order valence-corrected chi connectivity index (χ2v) is 2.51.